The van der Waals surface area contributed by atoms with Crippen molar-refractivity contribution in [3.05, 3.63) is 23.3 Å². The molecule has 18 heavy (non-hydrogen) atoms. The lowest BCUT2D eigenvalue weighted by atomic mass is 9.85. The van der Waals surface area contributed by atoms with Gasteiger partial charge in [0.1, 0.15) is 0 Å². The van der Waals surface area contributed by atoms with Gasteiger partial charge in [0.05, 0.1) is 12.0 Å². The van der Waals surface area contributed by atoms with Crippen molar-refractivity contribution in [2.75, 3.05) is 0 Å². The van der Waals surface area contributed by atoms with E-state index in [9.17, 15) is 9.90 Å². The van der Waals surface area contributed by atoms with E-state index in [-0.39, 0.29) is 23.9 Å². The molecule has 0 radical (unpaired) electrons. The molecule has 4 atom stereocenters. The van der Waals surface area contributed by atoms with Crippen molar-refractivity contribution in [3.63, 3.8) is 0 Å². The molecule has 0 spiro atoms. The molecule has 0 aromatic rings. The fourth-order valence-electron chi connectivity index (χ4n) is 3.31. The highest BCUT2D eigenvalue weighted by Gasteiger charge is 2.37. The van der Waals surface area contributed by atoms with E-state index in [0.29, 0.717) is 0 Å². The molecule has 100 valence electrons. The molecule has 0 aromatic carbocycles. The van der Waals surface area contributed by atoms with Gasteiger partial charge < -0.3 is 10.2 Å². The lowest BCUT2D eigenvalue weighted by Gasteiger charge is -2.20. The number of aliphatic hydroxyl groups excluding tert-OH is 1. The van der Waals surface area contributed by atoms with Gasteiger partial charge in [-0.15, -0.1) is 0 Å². The van der Waals surface area contributed by atoms with Crippen LogP contribution in [0.3, 0.4) is 0 Å². The molecule has 0 aliphatic heterocycles. The maximum Gasteiger partial charge on any atom is 0.306 e. The zero-order valence-electron chi connectivity index (χ0n) is 11.1. The van der Waals surface area contributed by atoms with Crippen LogP contribution in [0.5, 0.6) is 0 Å². The van der Waals surface area contributed by atoms with Crippen LogP contribution in [0.1, 0.15) is 39.5 Å². The standard InChI is InChI=1S/C15H22O3/c1-8-4-5-11(9(2)15(17)18)6-13-10(3)14(16)7-12(8)13/h9,11-12,14,16H,1,4-7H2,2-3H3,(H,17,18). The summed E-state index contributed by atoms with van der Waals surface area (Å²) in [5, 5.41) is 19.1. The number of carboxylic acids is 1. The Bertz CT molecular complexity index is 408. The normalized spacial score (nSPS) is 34.2. The number of aliphatic carboxylic acids is 1. The van der Waals surface area contributed by atoms with Crippen molar-refractivity contribution in [2.45, 2.75) is 45.6 Å². The lowest BCUT2D eigenvalue weighted by molar-refractivity contribution is -0.143. The highest BCUT2D eigenvalue weighted by Crippen LogP contribution is 2.45. The van der Waals surface area contributed by atoms with Crippen LogP contribution in [-0.2, 0) is 4.79 Å². The van der Waals surface area contributed by atoms with Crippen LogP contribution in [0.25, 0.3) is 0 Å². The van der Waals surface area contributed by atoms with E-state index in [1.807, 2.05) is 6.92 Å². The van der Waals surface area contributed by atoms with E-state index >= 15 is 0 Å². The van der Waals surface area contributed by atoms with Crippen LogP contribution in [-0.4, -0.2) is 22.3 Å². The summed E-state index contributed by atoms with van der Waals surface area (Å²) in [4.78, 5) is 11.1. The van der Waals surface area contributed by atoms with E-state index in [1.54, 1.807) is 6.92 Å². The molecular formula is C15H22O3. The van der Waals surface area contributed by atoms with Crippen molar-refractivity contribution in [2.24, 2.45) is 17.8 Å². The molecule has 3 heteroatoms. The summed E-state index contributed by atoms with van der Waals surface area (Å²) >= 11 is 0. The summed E-state index contributed by atoms with van der Waals surface area (Å²) < 4.78 is 0. The molecule has 1 saturated carbocycles. The summed E-state index contributed by atoms with van der Waals surface area (Å²) in [6.45, 7) is 7.89. The largest absolute Gasteiger partial charge is 0.481 e. The highest BCUT2D eigenvalue weighted by atomic mass is 16.4. The molecule has 2 aliphatic carbocycles. The molecule has 0 saturated heterocycles. The topological polar surface area (TPSA) is 57.5 Å². The van der Waals surface area contributed by atoms with Crippen LogP contribution in [0.4, 0.5) is 0 Å². The number of rotatable bonds is 2. The van der Waals surface area contributed by atoms with Crippen LogP contribution in [0, 0.1) is 17.8 Å². The van der Waals surface area contributed by atoms with Gasteiger partial charge in [0, 0.05) is 5.92 Å². The van der Waals surface area contributed by atoms with Crippen LogP contribution in [0.15, 0.2) is 23.3 Å². The van der Waals surface area contributed by atoms with Crippen LogP contribution < -0.4 is 0 Å². The van der Waals surface area contributed by atoms with Gasteiger partial charge in [0.25, 0.3) is 0 Å². The van der Waals surface area contributed by atoms with E-state index < -0.39 is 5.97 Å². The molecule has 2 N–H and O–H groups in total. The number of allylic oxidation sites excluding steroid dienone is 2. The molecule has 2 rings (SSSR count). The summed E-state index contributed by atoms with van der Waals surface area (Å²) in [5.41, 5.74) is 3.47. The summed E-state index contributed by atoms with van der Waals surface area (Å²) in [7, 11) is 0. The molecule has 2 aliphatic rings. The predicted molar refractivity (Wildman–Crippen MR) is 70.1 cm³/mol. The Morgan fingerprint density at radius 3 is 2.78 bits per heavy atom. The first-order valence-electron chi connectivity index (χ1n) is 6.69. The fourth-order valence-corrected chi connectivity index (χ4v) is 3.31. The maximum atomic E-state index is 11.1. The maximum absolute atomic E-state index is 11.1. The third-order valence-electron chi connectivity index (χ3n) is 4.79. The first kappa shape index (κ1) is 13.3. The molecule has 0 amide bonds. The van der Waals surface area contributed by atoms with E-state index in [0.717, 1.165) is 31.3 Å². The number of hydrogen-bond donors (Lipinski definition) is 2. The highest BCUT2D eigenvalue weighted by molar-refractivity contribution is 5.70. The van der Waals surface area contributed by atoms with E-state index in [4.69, 9.17) is 5.11 Å². The van der Waals surface area contributed by atoms with Crippen molar-refractivity contribution in [3.8, 4) is 0 Å². The number of aliphatic hydroxyl groups is 1. The van der Waals surface area contributed by atoms with Gasteiger partial charge in [-0.3, -0.25) is 4.79 Å². The Morgan fingerprint density at radius 1 is 1.50 bits per heavy atom. The fraction of sp³-hybridized carbons (Fsp3) is 0.667. The molecule has 0 heterocycles. The quantitative estimate of drug-likeness (QED) is 0.741. The summed E-state index contributed by atoms with van der Waals surface area (Å²) in [6.07, 6.45) is 2.97. The molecule has 4 unspecified atom stereocenters. The molecule has 0 bridgehead atoms. The Kier molecular flexibility index (Phi) is 3.62. The van der Waals surface area contributed by atoms with Crippen LogP contribution >= 0.6 is 0 Å². The Morgan fingerprint density at radius 2 is 2.17 bits per heavy atom. The minimum Gasteiger partial charge on any atom is -0.481 e. The number of fused-ring (bicyclic) bond motifs is 1. The zero-order chi connectivity index (χ0) is 13.4. The van der Waals surface area contributed by atoms with Crippen molar-refractivity contribution in [1.29, 1.82) is 0 Å². The van der Waals surface area contributed by atoms with Gasteiger partial charge in [-0.05, 0) is 44.1 Å². The Labute approximate surface area is 108 Å². The van der Waals surface area contributed by atoms with Gasteiger partial charge >= 0.3 is 5.97 Å². The van der Waals surface area contributed by atoms with Gasteiger partial charge in [-0.25, -0.2) is 0 Å². The third kappa shape index (κ3) is 2.24. The second kappa shape index (κ2) is 4.88. The number of carboxylic acid groups (broad SMARTS) is 1. The average molecular weight is 250 g/mol. The first-order valence-corrected chi connectivity index (χ1v) is 6.69. The predicted octanol–water partition coefficient (Wildman–Crippen LogP) is 2.76. The molecule has 0 aromatic heterocycles. The third-order valence-corrected chi connectivity index (χ3v) is 4.79. The molecule has 3 nitrogen and oxygen atoms in total. The van der Waals surface area contributed by atoms with Crippen molar-refractivity contribution < 1.29 is 15.0 Å². The van der Waals surface area contributed by atoms with E-state index in [1.165, 1.54) is 11.1 Å². The summed E-state index contributed by atoms with van der Waals surface area (Å²) in [5.74, 6) is -0.596. The smallest absolute Gasteiger partial charge is 0.306 e. The van der Waals surface area contributed by atoms with Gasteiger partial charge in [0.15, 0.2) is 0 Å². The second-order valence-electron chi connectivity index (χ2n) is 5.80. The van der Waals surface area contributed by atoms with Crippen molar-refractivity contribution in [1.82, 2.24) is 0 Å². The molecule has 1 fully saturated rings. The minimum atomic E-state index is -0.721. The SMILES string of the molecule is C=C1CCC(C(C)C(=O)O)CC2=C(C)C(O)CC12. The van der Waals surface area contributed by atoms with Gasteiger partial charge in [0.2, 0.25) is 0 Å². The van der Waals surface area contributed by atoms with Gasteiger partial charge in [-0.2, -0.15) is 0 Å². The second-order valence-corrected chi connectivity index (χ2v) is 5.80. The van der Waals surface area contributed by atoms with Crippen LogP contribution in [0.2, 0.25) is 0 Å². The number of hydrogen-bond acceptors (Lipinski definition) is 2. The summed E-state index contributed by atoms with van der Waals surface area (Å²) in [6, 6.07) is 0. The first-order chi connectivity index (χ1) is 8.41. The average Bonchev–Trinajstić information content (AvgIpc) is 2.50. The lowest BCUT2D eigenvalue weighted by Crippen LogP contribution is -2.20. The van der Waals surface area contributed by atoms with Gasteiger partial charge in [-0.1, -0.05) is 24.6 Å². The monoisotopic (exact) mass is 250 g/mol. The molecular weight excluding hydrogens is 228 g/mol. The Hall–Kier alpha value is -1.09. The van der Waals surface area contributed by atoms with E-state index in [2.05, 4.69) is 6.58 Å². The number of carbonyl (C=O) groups is 1. The zero-order valence-corrected chi connectivity index (χ0v) is 11.1. The Balaban J connectivity index is 2.26. The minimum absolute atomic E-state index is 0.166. The van der Waals surface area contributed by atoms with Crippen molar-refractivity contribution >= 4 is 5.97 Å².